The molecule has 0 bridgehead atoms. The maximum Gasteiger partial charge on any atom is 0.306 e. The fourth-order valence-corrected chi connectivity index (χ4v) is 7.89. The zero-order valence-corrected chi connectivity index (χ0v) is 47.5. The van der Waals surface area contributed by atoms with Crippen molar-refractivity contribution in [3.05, 3.63) is 158 Å². The third-order valence-corrected chi connectivity index (χ3v) is 12.3. The maximum absolute atomic E-state index is 12.3. The molecule has 5 nitrogen and oxygen atoms in total. The molecule has 74 heavy (non-hydrogen) atoms. The van der Waals surface area contributed by atoms with Crippen molar-refractivity contribution in [2.45, 2.75) is 251 Å². The van der Waals surface area contributed by atoms with Crippen LogP contribution >= 0.6 is 0 Å². The summed E-state index contributed by atoms with van der Waals surface area (Å²) in [6.07, 6.45) is 96.4. The van der Waals surface area contributed by atoms with Crippen LogP contribution in [0.25, 0.3) is 0 Å². The number of aliphatic hydroxyl groups excluding tert-OH is 1. The molecule has 1 N–H and O–H groups in total. The molecular weight excluding hydrogens is 909 g/mol. The van der Waals surface area contributed by atoms with Gasteiger partial charge in [-0.05, 0) is 122 Å². The molecule has 1 atom stereocenters. The lowest BCUT2D eigenvalue weighted by molar-refractivity contribution is -0.161. The summed E-state index contributed by atoms with van der Waals surface area (Å²) in [6, 6.07) is 0. The molecule has 0 aliphatic heterocycles. The molecule has 0 rings (SSSR count). The molecule has 0 fully saturated rings. The van der Waals surface area contributed by atoms with Crippen molar-refractivity contribution in [1.82, 2.24) is 0 Å². The SMILES string of the molecule is CC/C=C\C/C=C\C/C=C\C/C=C\C/C=C\C/C=C\C/C=C\C/C=C\CCCCCCCCCCC(=O)OC(CO)COC(=O)CCCCCCCCCCCCC/C=C\C/C=C\C/C=C\C/C=C\C/C=C\CC. The standard InChI is InChI=1S/C69H110O5/c1-3-5-7-9-11-13-15-17-19-21-23-25-27-29-31-32-33-34-35-36-38-40-42-44-46-48-50-52-54-56-58-60-62-64-69(72)74-67(65-70)66-73-68(71)63-61-59-57-55-53-51-49-47-45-43-41-39-37-30-28-26-24-22-20-18-16-14-12-10-8-6-4-2/h5-8,11-14,17-20,23-26,29-31,33-34,36-38,42,44,67,70H,3-4,9-10,15-16,21-22,27-28,32,35,39-41,43,45-66H2,1-2H3/b7-5-,8-6-,13-11-,14-12-,19-17-,20-18-,25-23-,26-24-,31-29-,34-33-,37-30-,38-36-,44-42-. The fraction of sp³-hybridized carbons (Fsp3) is 0.594. The van der Waals surface area contributed by atoms with Crippen LogP contribution in [0.4, 0.5) is 0 Å². The molecule has 0 radical (unpaired) electrons. The van der Waals surface area contributed by atoms with Gasteiger partial charge in [0, 0.05) is 12.8 Å². The minimum Gasteiger partial charge on any atom is -0.462 e. The Morgan fingerprint density at radius 2 is 0.541 bits per heavy atom. The summed E-state index contributed by atoms with van der Waals surface area (Å²) in [5.74, 6) is -0.612. The van der Waals surface area contributed by atoms with Crippen molar-refractivity contribution in [1.29, 1.82) is 0 Å². The van der Waals surface area contributed by atoms with E-state index in [-0.39, 0.29) is 25.2 Å². The number of aliphatic hydroxyl groups is 1. The van der Waals surface area contributed by atoms with E-state index >= 15 is 0 Å². The van der Waals surface area contributed by atoms with Crippen LogP contribution in [0.5, 0.6) is 0 Å². The first-order chi connectivity index (χ1) is 36.6. The first-order valence-electron chi connectivity index (χ1n) is 30.0. The average Bonchev–Trinajstić information content (AvgIpc) is 3.40. The van der Waals surface area contributed by atoms with Gasteiger partial charge in [-0.1, -0.05) is 268 Å². The normalized spacial score (nSPS) is 13.4. The Kier molecular flexibility index (Phi) is 59.0. The molecule has 0 aromatic rings. The second kappa shape index (κ2) is 62.8. The molecule has 0 aliphatic carbocycles. The van der Waals surface area contributed by atoms with E-state index in [0.717, 1.165) is 128 Å². The van der Waals surface area contributed by atoms with E-state index in [1.807, 2.05) is 0 Å². The number of rotatable bonds is 53. The lowest BCUT2D eigenvalue weighted by atomic mass is 10.0. The Hall–Kier alpha value is -4.48. The number of allylic oxidation sites excluding steroid dienone is 26. The van der Waals surface area contributed by atoms with Crippen LogP contribution in [-0.4, -0.2) is 36.4 Å². The molecule has 1 unspecified atom stereocenters. The van der Waals surface area contributed by atoms with Crippen LogP contribution in [0.1, 0.15) is 245 Å². The number of unbranched alkanes of at least 4 members (excludes halogenated alkanes) is 19. The first kappa shape index (κ1) is 69.5. The van der Waals surface area contributed by atoms with Crippen LogP contribution in [0.15, 0.2) is 158 Å². The van der Waals surface area contributed by atoms with Gasteiger partial charge in [-0.3, -0.25) is 9.59 Å². The van der Waals surface area contributed by atoms with Crippen LogP contribution in [0.2, 0.25) is 0 Å². The maximum atomic E-state index is 12.3. The quantitative estimate of drug-likeness (QED) is 0.0373. The minimum atomic E-state index is -0.791. The third kappa shape index (κ3) is 60.1. The van der Waals surface area contributed by atoms with Crippen molar-refractivity contribution < 1.29 is 24.2 Å². The highest BCUT2D eigenvalue weighted by Gasteiger charge is 2.16. The summed E-state index contributed by atoms with van der Waals surface area (Å²) in [6.45, 7) is 3.90. The van der Waals surface area contributed by atoms with E-state index in [1.54, 1.807) is 0 Å². The lowest BCUT2D eigenvalue weighted by Crippen LogP contribution is -2.28. The largest absolute Gasteiger partial charge is 0.462 e. The second-order valence-corrected chi connectivity index (χ2v) is 19.3. The summed E-state index contributed by atoms with van der Waals surface area (Å²) in [5.41, 5.74) is 0. The van der Waals surface area contributed by atoms with Crippen LogP contribution in [-0.2, 0) is 19.1 Å². The summed E-state index contributed by atoms with van der Waals surface area (Å²) < 4.78 is 10.7. The van der Waals surface area contributed by atoms with E-state index < -0.39 is 6.10 Å². The van der Waals surface area contributed by atoms with Gasteiger partial charge in [-0.15, -0.1) is 0 Å². The molecule has 416 valence electrons. The highest BCUT2D eigenvalue weighted by atomic mass is 16.6. The van der Waals surface area contributed by atoms with Gasteiger partial charge in [-0.2, -0.15) is 0 Å². The van der Waals surface area contributed by atoms with Crippen molar-refractivity contribution in [2.24, 2.45) is 0 Å². The highest BCUT2D eigenvalue weighted by Crippen LogP contribution is 2.15. The molecule has 0 aromatic carbocycles. The highest BCUT2D eigenvalue weighted by molar-refractivity contribution is 5.70. The van der Waals surface area contributed by atoms with E-state index in [0.29, 0.717) is 12.8 Å². The topological polar surface area (TPSA) is 72.8 Å². The van der Waals surface area contributed by atoms with E-state index in [1.165, 1.54) is 89.9 Å². The Balaban J connectivity index is 3.59. The molecule has 0 heterocycles. The monoisotopic (exact) mass is 1020 g/mol. The Labute approximate surface area is 456 Å². The zero-order chi connectivity index (χ0) is 53.4. The summed E-state index contributed by atoms with van der Waals surface area (Å²) in [4.78, 5) is 24.6. The smallest absolute Gasteiger partial charge is 0.306 e. The molecule has 0 spiro atoms. The van der Waals surface area contributed by atoms with Crippen LogP contribution in [0.3, 0.4) is 0 Å². The molecule has 5 heteroatoms. The van der Waals surface area contributed by atoms with Gasteiger partial charge >= 0.3 is 11.9 Å². The van der Waals surface area contributed by atoms with Gasteiger partial charge in [0.25, 0.3) is 0 Å². The van der Waals surface area contributed by atoms with Gasteiger partial charge in [-0.25, -0.2) is 0 Å². The lowest BCUT2D eigenvalue weighted by Gasteiger charge is -2.15. The van der Waals surface area contributed by atoms with E-state index in [9.17, 15) is 14.7 Å². The van der Waals surface area contributed by atoms with Gasteiger partial charge in [0.2, 0.25) is 0 Å². The average molecular weight is 1020 g/mol. The van der Waals surface area contributed by atoms with Crippen molar-refractivity contribution >= 4 is 11.9 Å². The zero-order valence-electron chi connectivity index (χ0n) is 47.5. The van der Waals surface area contributed by atoms with E-state index in [2.05, 4.69) is 172 Å². The fourth-order valence-electron chi connectivity index (χ4n) is 7.89. The van der Waals surface area contributed by atoms with Gasteiger partial charge in [0.15, 0.2) is 6.10 Å². The molecule has 0 aliphatic rings. The predicted molar refractivity (Wildman–Crippen MR) is 324 cm³/mol. The Morgan fingerprint density at radius 1 is 0.311 bits per heavy atom. The van der Waals surface area contributed by atoms with Crippen LogP contribution < -0.4 is 0 Å². The summed E-state index contributed by atoms with van der Waals surface area (Å²) >= 11 is 0. The predicted octanol–water partition coefficient (Wildman–Crippen LogP) is 20.7. The van der Waals surface area contributed by atoms with Crippen molar-refractivity contribution in [2.75, 3.05) is 13.2 Å². The number of hydrogen-bond donors (Lipinski definition) is 1. The van der Waals surface area contributed by atoms with Gasteiger partial charge in [0.1, 0.15) is 6.61 Å². The van der Waals surface area contributed by atoms with E-state index in [4.69, 9.17) is 9.47 Å². The number of hydrogen-bond acceptors (Lipinski definition) is 5. The van der Waals surface area contributed by atoms with Gasteiger partial charge < -0.3 is 14.6 Å². The van der Waals surface area contributed by atoms with Crippen molar-refractivity contribution in [3.63, 3.8) is 0 Å². The molecule has 0 saturated heterocycles. The first-order valence-corrected chi connectivity index (χ1v) is 30.0. The van der Waals surface area contributed by atoms with Crippen molar-refractivity contribution in [3.8, 4) is 0 Å². The van der Waals surface area contributed by atoms with Crippen LogP contribution in [0, 0.1) is 0 Å². The molecular formula is C69H110O5. The van der Waals surface area contributed by atoms with Gasteiger partial charge in [0.05, 0.1) is 6.61 Å². The Morgan fingerprint density at radius 3 is 0.811 bits per heavy atom. The number of ether oxygens (including phenoxy) is 2. The number of esters is 2. The number of carbonyl (C=O) groups excluding carboxylic acids is 2. The molecule has 0 aromatic heterocycles. The number of carbonyl (C=O) groups is 2. The molecule has 0 saturated carbocycles. The molecule has 0 amide bonds. The third-order valence-electron chi connectivity index (χ3n) is 12.3. The second-order valence-electron chi connectivity index (χ2n) is 19.3. The summed E-state index contributed by atoms with van der Waals surface area (Å²) in [7, 11) is 0. The summed E-state index contributed by atoms with van der Waals surface area (Å²) in [5, 5.41) is 9.67. The minimum absolute atomic E-state index is 0.0803. The Bertz CT molecular complexity index is 1620.